The van der Waals surface area contributed by atoms with Crippen LogP contribution in [-0.2, 0) is 0 Å². The standard InChI is InChI=1S/C12H17BrClN3/c1-8-5-10(3-4-17(8)2)16-11-6-9(13)7-15-12(11)14/h6-8,10,16H,3-5H2,1-2H3. The number of anilines is 1. The molecule has 0 amide bonds. The van der Waals surface area contributed by atoms with Gasteiger partial charge in [-0.3, -0.25) is 0 Å². The van der Waals surface area contributed by atoms with Crippen molar-refractivity contribution in [2.45, 2.75) is 31.8 Å². The number of aromatic nitrogens is 1. The zero-order valence-corrected chi connectivity index (χ0v) is 12.4. The molecule has 0 spiro atoms. The molecule has 94 valence electrons. The van der Waals surface area contributed by atoms with E-state index in [-0.39, 0.29) is 0 Å². The van der Waals surface area contributed by atoms with Crippen LogP contribution in [-0.4, -0.2) is 35.6 Å². The molecule has 0 aliphatic carbocycles. The summed E-state index contributed by atoms with van der Waals surface area (Å²) < 4.78 is 0.949. The molecule has 17 heavy (non-hydrogen) atoms. The number of pyridine rings is 1. The number of halogens is 2. The molecule has 2 unspecified atom stereocenters. The number of piperidine rings is 1. The van der Waals surface area contributed by atoms with Gasteiger partial charge >= 0.3 is 0 Å². The molecule has 0 saturated carbocycles. The van der Waals surface area contributed by atoms with E-state index < -0.39 is 0 Å². The van der Waals surface area contributed by atoms with Crippen LogP contribution in [0.1, 0.15) is 19.8 Å². The fraction of sp³-hybridized carbons (Fsp3) is 0.583. The van der Waals surface area contributed by atoms with Gasteiger partial charge in [-0.05, 0) is 48.8 Å². The van der Waals surface area contributed by atoms with Gasteiger partial charge in [-0.2, -0.15) is 0 Å². The zero-order chi connectivity index (χ0) is 12.4. The highest BCUT2D eigenvalue weighted by molar-refractivity contribution is 9.10. The molecule has 2 atom stereocenters. The molecule has 1 aromatic rings. The Kier molecular flexibility index (Phi) is 4.28. The van der Waals surface area contributed by atoms with E-state index in [1.165, 1.54) is 0 Å². The maximum atomic E-state index is 6.08. The summed E-state index contributed by atoms with van der Waals surface area (Å²) >= 11 is 9.49. The van der Waals surface area contributed by atoms with Gasteiger partial charge in [-0.15, -0.1) is 0 Å². The lowest BCUT2D eigenvalue weighted by Crippen LogP contribution is -2.42. The normalized spacial score (nSPS) is 25.9. The molecule has 0 aromatic carbocycles. The predicted molar refractivity (Wildman–Crippen MR) is 75.7 cm³/mol. The summed E-state index contributed by atoms with van der Waals surface area (Å²) in [4.78, 5) is 6.51. The highest BCUT2D eigenvalue weighted by Crippen LogP contribution is 2.26. The van der Waals surface area contributed by atoms with Crippen LogP contribution < -0.4 is 5.32 Å². The molecule has 1 N–H and O–H groups in total. The third-order valence-corrected chi connectivity index (χ3v) is 4.11. The monoisotopic (exact) mass is 317 g/mol. The lowest BCUT2D eigenvalue weighted by molar-refractivity contribution is 0.190. The zero-order valence-electron chi connectivity index (χ0n) is 10.1. The summed E-state index contributed by atoms with van der Waals surface area (Å²) in [7, 11) is 2.18. The summed E-state index contributed by atoms with van der Waals surface area (Å²) in [5.41, 5.74) is 0.919. The first-order valence-corrected chi connectivity index (χ1v) is 7.01. The van der Waals surface area contributed by atoms with Crippen molar-refractivity contribution >= 4 is 33.2 Å². The molecular weight excluding hydrogens is 302 g/mol. The van der Waals surface area contributed by atoms with Crippen molar-refractivity contribution in [3.63, 3.8) is 0 Å². The molecule has 0 bridgehead atoms. The Morgan fingerprint density at radius 3 is 3.06 bits per heavy atom. The minimum Gasteiger partial charge on any atom is -0.380 e. The summed E-state index contributed by atoms with van der Waals surface area (Å²) in [5, 5.41) is 4.03. The fourth-order valence-corrected chi connectivity index (χ4v) is 2.65. The van der Waals surface area contributed by atoms with Crippen LogP contribution in [0.15, 0.2) is 16.7 Å². The van der Waals surface area contributed by atoms with Crippen LogP contribution in [0.3, 0.4) is 0 Å². The van der Waals surface area contributed by atoms with Gasteiger partial charge in [0.15, 0.2) is 5.15 Å². The topological polar surface area (TPSA) is 28.2 Å². The van der Waals surface area contributed by atoms with E-state index in [1.54, 1.807) is 6.20 Å². The molecule has 1 aliphatic heterocycles. The lowest BCUT2D eigenvalue weighted by Gasteiger charge is -2.35. The fourth-order valence-electron chi connectivity index (χ4n) is 2.16. The van der Waals surface area contributed by atoms with Gasteiger partial charge in [-0.25, -0.2) is 4.98 Å². The van der Waals surface area contributed by atoms with Crippen molar-refractivity contribution in [1.29, 1.82) is 0 Å². The molecule has 0 radical (unpaired) electrons. The van der Waals surface area contributed by atoms with E-state index in [9.17, 15) is 0 Å². The molecule has 5 heteroatoms. The van der Waals surface area contributed by atoms with Gasteiger partial charge in [0, 0.05) is 29.3 Å². The van der Waals surface area contributed by atoms with Gasteiger partial charge < -0.3 is 10.2 Å². The van der Waals surface area contributed by atoms with E-state index >= 15 is 0 Å². The van der Waals surface area contributed by atoms with E-state index in [1.807, 2.05) is 6.07 Å². The Morgan fingerprint density at radius 1 is 1.59 bits per heavy atom. The summed E-state index contributed by atoms with van der Waals surface area (Å²) in [6.07, 6.45) is 3.99. The molecular formula is C12H17BrClN3. The molecule has 1 fully saturated rings. The van der Waals surface area contributed by atoms with E-state index in [0.717, 1.165) is 29.5 Å². The molecule has 2 heterocycles. The van der Waals surface area contributed by atoms with E-state index in [0.29, 0.717) is 17.2 Å². The third kappa shape index (κ3) is 3.33. The molecule has 1 saturated heterocycles. The van der Waals surface area contributed by atoms with Crippen LogP contribution in [0.25, 0.3) is 0 Å². The largest absolute Gasteiger partial charge is 0.380 e. The average molecular weight is 319 g/mol. The number of hydrogen-bond acceptors (Lipinski definition) is 3. The first kappa shape index (κ1) is 13.1. The number of nitrogens with zero attached hydrogens (tertiary/aromatic N) is 2. The van der Waals surface area contributed by atoms with Crippen molar-refractivity contribution in [3.05, 3.63) is 21.9 Å². The second-order valence-corrected chi connectivity index (χ2v) is 5.96. The Hall–Kier alpha value is -0.320. The number of hydrogen-bond donors (Lipinski definition) is 1. The van der Waals surface area contributed by atoms with Crippen molar-refractivity contribution < 1.29 is 0 Å². The van der Waals surface area contributed by atoms with Crippen molar-refractivity contribution in [2.24, 2.45) is 0 Å². The van der Waals surface area contributed by atoms with E-state index in [4.69, 9.17) is 11.6 Å². The van der Waals surface area contributed by atoms with Crippen LogP contribution in [0.4, 0.5) is 5.69 Å². The minimum atomic E-state index is 0.481. The quantitative estimate of drug-likeness (QED) is 0.847. The highest BCUT2D eigenvalue weighted by Gasteiger charge is 2.23. The van der Waals surface area contributed by atoms with Crippen LogP contribution in [0, 0.1) is 0 Å². The Balaban J connectivity index is 2.03. The van der Waals surface area contributed by atoms with Gasteiger partial charge in [0.2, 0.25) is 0 Å². The Bertz CT molecular complexity index is 399. The Labute approximate surface area is 116 Å². The first-order valence-electron chi connectivity index (χ1n) is 5.84. The SMILES string of the molecule is CC1CC(Nc2cc(Br)cnc2Cl)CCN1C. The molecule has 2 rings (SSSR count). The van der Waals surface area contributed by atoms with Crippen molar-refractivity contribution in [2.75, 3.05) is 18.9 Å². The Morgan fingerprint density at radius 2 is 2.35 bits per heavy atom. The summed E-state index contributed by atoms with van der Waals surface area (Å²) in [6, 6.07) is 3.08. The summed E-state index contributed by atoms with van der Waals surface area (Å²) in [6.45, 7) is 3.38. The second-order valence-electron chi connectivity index (χ2n) is 4.69. The molecule has 1 aromatic heterocycles. The van der Waals surface area contributed by atoms with Crippen LogP contribution >= 0.6 is 27.5 Å². The molecule has 3 nitrogen and oxygen atoms in total. The smallest absolute Gasteiger partial charge is 0.152 e. The third-order valence-electron chi connectivity index (χ3n) is 3.37. The van der Waals surface area contributed by atoms with Gasteiger partial charge in [-0.1, -0.05) is 11.6 Å². The second kappa shape index (κ2) is 5.55. The van der Waals surface area contributed by atoms with Crippen LogP contribution in [0.2, 0.25) is 5.15 Å². The predicted octanol–water partition coefficient (Wildman–Crippen LogP) is 3.39. The van der Waals surface area contributed by atoms with Crippen molar-refractivity contribution in [3.8, 4) is 0 Å². The number of likely N-dealkylation sites (tertiary alicyclic amines) is 1. The number of rotatable bonds is 2. The van der Waals surface area contributed by atoms with Gasteiger partial charge in [0.25, 0.3) is 0 Å². The maximum absolute atomic E-state index is 6.08. The summed E-state index contributed by atoms with van der Waals surface area (Å²) in [5.74, 6) is 0. The average Bonchev–Trinajstić information content (AvgIpc) is 2.29. The maximum Gasteiger partial charge on any atom is 0.152 e. The first-order chi connectivity index (χ1) is 8.06. The van der Waals surface area contributed by atoms with Gasteiger partial charge in [0.1, 0.15) is 0 Å². The van der Waals surface area contributed by atoms with E-state index in [2.05, 4.69) is 45.1 Å². The lowest BCUT2D eigenvalue weighted by atomic mass is 9.99. The minimum absolute atomic E-state index is 0.481. The van der Waals surface area contributed by atoms with Crippen molar-refractivity contribution in [1.82, 2.24) is 9.88 Å². The number of nitrogens with one attached hydrogen (secondary N) is 1. The van der Waals surface area contributed by atoms with Gasteiger partial charge in [0.05, 0.1) is 5.69 Å². The molecule has 1 aliphatic rings. The highest BCUT2D eigenvalue weighted by atomic mass is 79.9. The van der Waals surface area contributed by atoms with Crippen LogP contribution in [0.5, 0.6) is 0 Å².